The van der Waals surface area contributed by atoms with Crippen LogP contribution in [0, 0.1) is 0 Å². The Morgan fingerprint density at radius 2 is 1.34 bits per heavy atom. The van der Waals surface area contributed by atoms with Crippen LogP contribution in [-0.2, 0) is 45.7 Å². The summed E-state index contributed by atoms with van der Waals surface area (Å²) in [6, 6.07) is 24.2. The molecule has 2 aromatic heterocycles. The van der Waals surface area contributed by atoms with E-state index in [1.165, 1.54) is 17.2 Å². The Balaban J connectivity index is 1.21. The lowest BCUT2D eigenvalue weighted by Gasteiger charge is -2.27. The highest BCUT2D eigenvalue weighted by atomic mass is 31.2. The van der Waals surface area contributed by atoms with Crippen LogP contribution in [0.25, 0.3) is 32.7 Å². The number of hydrogen-bond acceptors (Lipinski definition) is 13. The summed E-state index contributed by atoms with van der Waals surface area (Å²) < 4.78 is 36.2. The summed E-state index contributed by atoms with van der Waals surface area (Å²) in [7, 11) is -5.04. The minimum Gasteiger partial charge on any atom is -0.454 e. The fraction of sp³-hybridized carbons (Fsp3) is 0.250. The monoisotopic (exact) mass is 741 g/mol. The molecule has 0 aliphatic carbocycles. The second kappa shape index (κ2) is 15.0. The van der Waals surface area contributed by atoms with Crippen molar-refractivity contribution < 1.29 is 42.7 Å². The van der Waals surface area contributed by atoms with Gasteiger partial charge >= 0.3 is 19.8 Å². The molecule has 1 aliphatic rings. The van der Waals surface area contributed by atoms with E-state index >= 15 is 0 Å². The van der Waals surface area contributed by atoms with Crippen molar-refractivity contribution in [3.05, 3.63) is 109 Å². The average molecular weight is 742 g/mol. The molecule has 0 spiro atoms. The quantitative estimate of drug-likeness (QED) is 0.0893. The second-order valence-corrected chi connectivity index (χ2v) is 13.9. The van der Waals surface area contributed by atoms with Gasteiger partial charge in [-0.15, -0.1) is 0 Å². The molecule has 274 valence electrons. The van der Waals surface area contributed by atoms with E-state index in [1.54, 1.807) is 0 Å². The number of rotatable bonds is 12. The first-order chi connectivity index (χ1) is 25.5. The Bertz CT molecular complexity index is 2340. The SMILES string of the molecule is Nc1ncnc2c1ncn2[C@@H]1O[C@H](COP(=O)(O)O)[C@@H](OC(=O)[C@@H](N)Cc2cccc3ccccc23)[C@H]1OC(=O)[C@@H](N)Cc1cccc2ccccc12. The normalized spacial score (nSPS) is 20.1. The van der Waals surface area contributed by atoms with Gasteiger partial charge in [0.15, 0.2) is 29.9 Å². The highest BCUT2D eigenvalue weighted by Gasteiger charge is 2.52. The molecule has 0 saturated carbocycles. The van der Waals surface area contributed by atoms with E-state index in [2.05, 4.69) is 15.0 Å². The maximum atomic E-state index is 13.8. The van der Waals surface area contributed by atoms with E-state index < -0.39 is 63.0 Å². The van der Waals surface area contributed by atoms with Gasteiger partial charge in [0.05, 0.1) is 12.9 Å². The third-order valence-corrected chi connectivity index (χ3v) is 9.59. The number of ether oxygens (including phenoxy) is 3. The number of esters is 2. The van der Waals surface area contributed by atoms with E-state index in [0.717, 1.165) is 32.7 Å². The van der Waals surface area contributed by atoms with Crippen molar-refractivity contribution in [2.24, 2.45) is 11.5 Å². The molecule has 1 aliphatic heterocycles. The van der Waals surface area contributed by atoms with Crippen molar-refractivity contribution in [3.8, 4) is 0 Å². The van der Waals surface area contributed by atoms with Gasteiger partial charge in [0.2, 0.25) is 0 Å². The number of fused-ring (bicyclic) bond motifs is 3. The predicted molar refractivity (Wildman–Crippen MR) is 193 cm³/mol. The fourth-order valence-electron chi connectivity index (χ4n) is 6.59. The number of nitrogen functional groups attached to an aromatic ring is 1. The molecule has 0 radical (unpaired) electrons. The first kappa shape index (κ1) is 36.1. The summed E-state index contributed by atoms with van der Waals surface area (Å²) in [4.78, 5) is 59.2. The molecule has 0 bridgehead atoms. The number of hydrogen-bond donors (Lipinski definition) is 5. The molecule has 0 unspecified atom stereocenters. The lowest BCUT2D eigenvalue weighted by molar-refractivity contribution is -0.170. The first-order valence-corrected chi connectivity index (χ1v) is 18.1. The lowest BCUT2D eigenvalue weighted by atomic mass is 9.99. The van der Waals surface area contributed by atoms with Crippen molar-refractivity contribution in [2.75, 3.05) is 12.3 Å². The molecule has 6 aromatic rings. The Hall–Kier alpha value is -5.32. The van der Waals surface area contributed by atoms with Crippen LogP contribution in [0.5, 0.6) is 0 Å². The highest BCUT2D eigenvalue weighted by molar-refractivity contribution is 7.46. The highest BCUT2D eigenvalue weighted by Crippen LogP contribution is 2.41. The summed E-state index contributed by atoms with van der Waals surface area (Å²) in [5.74, 6) is -1.70. The molecule has 6 atom stereocenters. The van der Waals surface area contributed by atoms with Gasteiger partial charge in [0, 0.05) is 0 Å². The van der Waals surface area contributed by atoms with Crippen LogP contribution < -0.4 is 17.2 Å². The number of nitrogens with two attached hydrogens (primary N) is 3. The number of carbonyl (C=O) groups is 2. The van der Waals surface area contributed by atoms with Crippen LogP contribution in [-0.4, -0.2) is 78.2 Å². The Morgan fingerprint density at radius 1 is 0.792 bits per heavy atom. The maximum absolute atomic E-state index is 13.8. The number of aromatic nitrogens is 4. The lowest BCUT2D eigenvalue weighted by Crippen LogP contribution is -2.47. The van der Waals surface area contributed by atoms with Crippen LogP contribution in [0.4, 0.5) is 5.82 Å². The van der Waals surface area contributed by atoms with E-state index in [0.29, 0.717) is 0 Å². The molecule has 7 rings (SSSR count). The number of phosphoric acid groups is 1. The summed E-state index contributed by atoms with van der Waals surface area (Å²) in [5, 5.41) is 3.72. The van der Waals surface area contributed by atoms with Gasteiger partial charge in [-0.25, -0.2) is 19.5 Å². The molecule has 1 saturated heterocycles. The zero-order chi connectivity index (χ0) is 37.3. The number of imidazole rings is 1. The number of nitrogens with zero attached hydrogens (tertiary/aromatic N) is 4. The second-order valence-electron chi connectivity index (χ2n) is 12.6. The minimum absolute atomic E-state index is 0.0566. The summed E-state index contributed by atoms with van der Waals surface area (Å²) in [5.41, 5.74) is 20.8. The third kappa shape index (κ3) is 7.75. The molecule has 16 nitrogen and oxygen atoms in total. The molecule has 4 aromatic carbocycles. The van der Waals surface area contributed by atoms with Crippen molar-refractivity contribution in [1.82, 2.24) is 19.5 Å². The van der Waals surface area contributed by atoms with Crippen molar-refractivity contribution >= 4 is 58.3 Å². The van der Waals surface area contributed by atoms with Crippen molar-refractivity contribution in [3.63, 3.8) is 0 Å². The molecule has 3 heterocycles. The van der Waals surface area contributed by atoms with Gasteiger partial charge in [-0.05, 0) is 45.5 Å². The van der Waals surface area contributed by atoms with E-state index in [9.17, 15) is 23.9 Å². The van der Waals surface area contributed by atoms with Crippen LogP contribution in [0.2, 0.25) is 0 Å². The molecular weight excluding hydrogens is 705 g/mol. The molecular formula is C36H36N7O9P. The molecule has 17 heteroatoms. The van der Waals surface area contributed by atoms with Gasteiger partial charge in [-0.3, -0.25) is 18.7 Å². The Morgan fingerprint density at radius 3 is 1.92 bits per heavy atom. The maximum Gasteiger partial charge on any atom is 0.469 e. The molecule has 0 amide bonds. The Kier molecular flexibility index (Phi) is 10.2. The van der Waals surface area contributed by atoms with Crippen molar-refractivity contribution in [2.45, 2.75) is 49.5 Å². The molecule has 8 N–H and O–H groups in total. The summed E-state index contributed by atoms with van der Waals surface area (Å²) in [6.45, 7) is -0.767. The van der Waals surface area contributed by atoms with Crippen molar-refractivity contribution in [1.29, 1.82) is 0 Å². The topological polar surface area (TPSA) is 250 Å². The Labute approximate surface area is 302 Å². The van der Waals surface area contributed by atoms with E-state index in [1.807, 2.05) is 84.9 Å². The van der Waals surface area contributed by atoms with Gasteiger partial charge < -0.3 is 41.2 Å². The fourth-order valence-corrected chi connectivity index (χ4v) is 6.93. The summed E-state index contributed by atoms with van der Waals surface area (Å²) in [6.07, 6.45) is -2.97. The zero-order valence-corrected chi connectivity index (χ0v) is 28.9. The molecule has 53 heavy (non-hydrogen) atoms. The van der Waals surface area contributed by atoms with Gasteiger partial charge in [0.25, 0.3) is 0 Å². The number of carbonyl (C=O) groups excluding carboxylic acids is 2. The van der Waals surface area contributed by atoms with E-state index in [-0.39, 0.29) is 29.8 Å². The number of benzene rings is 4. The third-order valence-electron chi connectivity index (χ3n) is 9.10. The predicted octanol–water partition coefficient (Wildman–Crippen LogP) is 2.69. The van der Waals surface area contributed by atoms with Crippen LogP contribution in [0.3, 0.4) is 0 Å². The molecule has 1 fully saturated rings. The van der Waals surface area contributed by atoms with Crippen LogP contribution in [0.15, 0.2) is 97.6 Å². The zero-order valence-electron chi connectivity index (χ0n) is 28.0. The number of phosphoric ester groups is 1. The van der Waals surface area contributed by atoms with E-state index in [4.69, 9.17) is 35.9 Å². The summed E-state index contributed by atoms with van der Waals surface area (Å²) >= 11 is 0. The smallest absolute Gasteiger partial charge is 0.454 e. The standard InChI is InChI=1S/C36H36N7O9P/c37-26(15-22-11-5-9-20-7-1-3-13-24(20)22)35(44)51-30-28(17-49-53(46,47)48)50-34(43-19-42-29-32(39)40-18-41-33(29)43)31(30)52-36(45)27(38)16-23-12-6-10-21-8-2-4-14-25(21)23/h1-14,18-19,26-28,30-31,34H,15-17,37-38H2,(H2,39,40,41)(H2,46,47,48)/t26-,27-,28+,30+,31+,34+/m0/s1. The first-order valence-electron chi connectivity index (χ1n) is 16.6. The van der Waals surface area contributed by atoms with Crippen LogP contribution >= 0.6 is 7.82 Å². The minimum atomic E-state index is -5.04. The largest absolute Gasteiger partial charge is 0.469 e. The van der Waals surface area contributed by atoms with Gasteiger partial charge in [-0.1, -0.05) is 84.9 Å². The van der Waals surface area contributed by atoms with Gasteiger partial charge in [-0.2, -0.15) is 0 Å². The number of anilines is 1. The van der Waals surface area contributed by atoms with Gasteiger partial charge in [0.1, 0.15) is 30.0 Å². The van der Waals surface area contributed by atoms with Crippen LogP contribution in [0.1, 0.15) is 17.4 Å². The average Bonchev–Trinajstić information content (AvgIpc) is 3.72.